The van der Waals surface area contributed by atoms with Gasteiger partial charge in [-0.2, -0.15) is 10.2 Å². The highest BCUT2D eigenvalue weighted by Crippen LogP contribution is 2.25. The van der Waals surface area contributed by atoms with Crippen LogP contribution in [0.2, 0.25) is 0 Å². The van der Waals surface area contributed by atoms with Crippen molar-refractivity contribution >= 4 is 16.8 Å². The number of carbonyl (C=O) groups excluding carboxylic acids is 1. The molecule has 3 aromatic heterocycles. The van der Waals surface area contributed by atoms with Crippen LogP contribution in [0.1, 0.15) is 24.2 Å². The van der Waals surface area contributed by atoms with E-state index in [9.17, 15) is 9.59 Å². The number of aryl methyl sites for hydroxylation is 1. The molecule has 0 spiro atoms. The molecule has 0 aliphatic heterocycles. The third kappa shape index (κ3) is 4.26. The molecule has 0 bridgehead atoms. The van der Waals surface area contributed by atoms with Crippen LogP contribution in [0.15, 0.2) is 90.0 Å². The van der Waals surface area contributed by atoms with Crippen LogP contribution in [0, 0.1) is 6.92 Å². The minimum Gasteiger partial charge on any atom is -0.354 e. The molecular weight excluding hydrogens is 440 g/mol. The van der Waals surface area contributed by atoms with Gasteiger partial charge in [-0.3, -0.25) is 9.59 Å². The second-order valence-electron chi connectivity index (χ2n) is 8.42. The molecule has 0 unspecified atom stereocenters. The molecule has 35 heavy (non-hydrogen) atoms. The van der Waals surface area contributed by atoms with E-state index in [1.54, 1.807) is 18.5 Å². The Bertz CT molecular complexity index is 1520. The van der Waals surface area contributed by atoms with Gasteiger partial charge >= 0.3 is 0 Å². The molecule has 0 saturated heterocycles. The number of fused-ring (bicyclic) bond motifs is 1. The van der Waals surface area contributed by atoms with Gasteiger partial charge in [-0.05, 0) is 50.1 Å². The van der Waals surface area contributed by atoms with E-state index in [1.165, 1.54) is 4.68 Å². The average Bonchev–Trinajstić information content (AvgIpc) is 3.55. The van der Waals surface area contributed by atoms with Gasteiger partial charge in [0.1, 0.15) is 16.9 Å². The number of hydrogen-bond donors (Lipinski definition) is 1. The van der Waals surface area contributed by atoms with Crippen molar-refractivity contribution in [1.29, 1.82) is 0 Å². The maximum Gasteiger partial charge on any atom is 0.280 e. The van der Waals surface area contributed by atoms with E-state index in [4.69, 9.17) is 5.10 Å². The van der Waals surface area contributed by atoms with Crippen LogP contribution in [-0.4, -0.2) is 36.6 Å². The maximum absolute atomic E-state index is 13.7. The molecule has 5 aromatic rings. The summed E-state index contributed by atoms with van der Waals surface area (Å²) in [6.07, 6.45) is 4.45. The topological polar surface area (TPSA) is 86.7 Å². The van der Waals surface area contributed by atoms with Crippen molar-refractivity contribution in [3.8, 4) is 11.5 Å². The third-order valence-corrected chi connectivity index (χ3v) is 6.04. The minimum atomic E-state index is -0.779. The summed E-state index contributed by atoms with van der Waals surface area (Å²) in [6, 6.07) is 22.6. The number of hydrogen-bond acceptors (Lipinski definition) is 4. The molecule has 1 amide bonds. The summed E-state index contributed by atoms with van der Waals surface area (Å²) in [6.45, 7) is 3.97. The zero-order valence-electron chi connectivity index (χ0n) is 19.6. The van der Waals surface area contributed by atoms with E-state index in [1.807, 2.05) is 89.8 Å². The van der Waals surface area contributed by atoms with Crippen molar-refractivity contribution in [2.45, 2.75) is 26.3 Å². The Morgan fingerprint density at radius 1 is 0.943 bits per heavy atom. The molecular formula is C27H26N6O2. The second-order valence-corrected chi connectivity index (χ2v) is 8.42. The van der Waals surface area contributed by atoms with E-state index in [-0.39, 0.29) is 11.5 Å². The highest BCUT2D eigenvalue weighted by Gasteiger charge is 2.25. The van der Waals surface area contributed by atoms with Crippen LogP contribution in [0.5, 0.6) is 0 Å². The van der Waals surface area contributed by atoms with Crippen molar-refractivity contribution in [3.63, 3.8) is 0 Å². The first-order valence-electron chi connectivity index (χ1n) is 11.6. The van der Waals surface area contributed by atoms with Crippen molar-refractivity contribution in [2.24, 2.45) is 0 Å². The number of nitrogens with one attached hydrogen (secondary N) is 1. The standard InChI is InChI=1S/C27H26N6O2/c1-19-24-23(26(31-17-9-10-18-31)33(30-24)22-13-7-4-8-14-22)27(35)32(29-19)20(2)25(34)28-16-15-21-11-5-3-6-12-21/h3-14,17-18,20H,15-16H2,1-2H3,(H,28,34)/t20-/m0/s1. The van der Waals surface area contributed by atoms with E-state index < -0.39 is 6.04 Å². The molecule has 0 aliphatic rings. The lowest BCUT2D eigenvalue weighted by Gasteiger charge is -2.15. The second kappa shape index (κ2) is 9.42. The number of benzene rings is 2. The molecule has 1 atom stereocenters. The highest BCUT2D eigenvalue weighted by atomic mass is 16.2. The Balaban J connectivity index is 1.54. The van der Waals surface area contributed by atoms with Gasteiger partial charge in [0.15, 0.2) is 5.82 Å². The van der Waals surface area contributed by atoms with Gasteiger partial charge in [0, 0.05) is 18.9 Å². The Kier molecular flexibility index (Phi) is 6.01. The Morgan fingerprint density at radius 3 is 2.29 bits per heavy atom. The lowest BCUT2D eigenvalue weighted by molar-refractivity contribution is -0.124. The smallest absolute Gasteiger partial charge is 0.280 e. The molecule has 5 rings (SSSR count). The van der Waals surface area contributed by atoms with Crippen molar-refractivity contribution < 1.29 is 4.79 Å². The maximum atomic E-state index is 13.7. The van der Waals surface area contributed by atoms with E-state index in [0.717, 1.165) is 11.3 Å². The summed E-state index contributed by atoms with van der Waals surface area (Å²) in [5, 5.41) is 12.6. The van der Waals surface area contributed by atoms with Crippen molar-refractivity contribution in [2.75, 3.05) is 6.54 Å². The fourth-order valence-electron chi connectivity index (χ4n) is 4.19. The molecule has 176 valence electrons. The molecule has 0 aliphatic carbocycles. The molecule has 0 fully saturated rings. The van der Waals surface area contributed by atoms with Gasteiger partial charge in [-0.25, -0.2) is 9.36 Å². The monoisotopic (exact) mass is 466 g/mol. The fraction of sp³-hybridized carbons (Fsp3) is 0.185. The molecule has 2 aromatic carbocycles. The SMILES string of the molecule is Cc1nn([C@@H](C)C(=O)NCCc2ccccc2)c(=O)c2c(-n3cccc3)n(-c3ccccc3)nc12. The van der Waals surface area contributed by atoms with Crippen LogP contribution in [0.4, 0.5) is 0 Å². The minimum absolute atomic E-state index is 0.257. The van der Waals surface area contributed by atoms with Crippen LogP contribution in [0.3, 0.4) is 0 Å². The van der Waals surface area contributed by atoms with Crippen molar-refractivity contribution in [1.82, 2.24) is 29.4 Å². The Morgan fingerprint density at radius 2 is 1.60 bits per heavy atom. The Hall–Kier alpha value is -4.46. The number of amides is 1. The van der Waals surface area contributed by atoms with E-state index in [0.29, 0.717) is 35.4 Å². The molecule has 0 saturated carbocycles. The third-order valence-electron chi connectivity index (χ3n) is 6.04. The van der Waals surface area contributed by atoms with E-state index >= 15 is 0 Å². The highest BCUT2D eigenvalue weighted by molar-refractivity contribution is 5.88. The predicted octanol–water partition coefficient (Wildman–Crippen LogP) is 3.60. The molecule has 8 nitrogen and oxygen atoms in total. The Labute approximate surface area is 202 Å². The molecule has 0 radical (unpaired) electrons. The van der Waals surface area contributed by atoms with Gasteiger partial charge < -0.3 is 9.88 Å². The first-order valence-corrected chi connectivity index (χ1v) is 11.6. The summed E-state index contributed by atoms with van der Waals surface area (Å²) >= 11 is 0. The van der Waals surface area contributed by atoms with Gasteiger partial charge in [0.2, 0.25) is 5.91 Å². The number of nitrogens with zero attached hydrogens (tertiary/aromatic N) is 5. The first-order chi connectivity index (χ1) is 17.0. The quantitative estimate of drug-likeness (QED) is 0.397. The van der Waals surface area contributed by atoms with Gasteiger partial charge in [-0.1, -0.05) is 48.5 Å². The van der Waals surface area contributed by atoms with Crippen LogP contribution >= 0.6 is 0 Å². The zero-order valence-corrected chi connectivity index (χ0v) is 19.6. The summed E-state index contributed by atoms with van der Waals surface area (Å²) in [4.78, 5) is 26.7. The summed E-state index contributed by atoms with van der Waals surface area (Å²) in [5.41, 5.74) is 2.69. The van der Waals surface area contributed by atoms with Crippen LogP contribution < -0.4 is 10.9 Å². The van der Waals surface area contributed by atoms with Crippen LogP contribution in [0.25, 0.3) is 22.4 Å². The number of aromatic nitrogens is 5. The van der Waals surface area contributed by atoms with Crippen molar-refractivity contribution in [3.05, 3.63) is 107 Å². The summed E-state index contributed by atoms with van der Waals surface area (Å²) in [5.74, 6) is 0.351. The number of para-hydroxylation sites is 1. The van der Waals surface area contributed by atoms with Crippen LogP contribution in [-0.2, 0) is 11.2 Å². The molecule has 3 heterocycles. The molecule has 8 heteroatoms. The van der Waals surface area contributed by atoms with Gasteiger partial charge in [0.25, 0.3) is 5.56 Å². The van der Waals surface area contributed by atoms with Gasteiger partial charge in [-0.15, -0.1) is 0 Å². The summed E-state index contributed by atoms with van der Waals surface area (Å²) in [7, 11) is 0. The lowest BCUT2D eigenvalue weighted by Crippen LogP contribution is -2.38. The fourth-order valence-corrected chi connectivity index (χ4v) is 4.19. The molecule has 1 N–H and O–H groups in total. The summed E-state index contributed by atoms with van der Waals surface area (Å²) < 4.78 is 4.87. The number of rotatable bonds is 7. The average molecular weight is 467 g/mol. The van der Waals surface area contributed by atoms with Gasteiger partial charge in [0.05, 0.1) is 11.4 Å². The largest absolute Gasteiger partial charge is 0.354 e. The van der Waals surface area contributed by atoms with E-state index in [2.05, 4.69) is 10.4 Å². The first kappa shape index (κ1) is 22.3. The lowest BCUT2D eigenvalue weighted by atomic mass is 10.1. The normalized spacial score (nSPS) is 12.1. The number of carbonyl (C=O) groups is 1. The zero-order chi connectivity index (χ0) is 24.4. The predicted molar refractivity (Wildman–Crippen MR) is 135 cm³/mol.